The highest BCUT2D eigenvalue weighted by Gasteiger charge is 2.21. The highest BCUT2D eigenvalue weighted by molar-refractivity contribution is 5.92. The second kappa shape index (κ2) is 10.8. The molecule has 1 atom stereocenters. The fourth-order valence-electron chi connectivity index (χ4n) is 4.74. The van der Waals surface area contributed by atoms with E-state index in [0.29, 0.717) is 23.7 Å². The summed E-state index contributed by atoms with van der Waals surface area (Å²) in [7, 11) is 0. The summed E-state index contributed by atoms with van der Waals surface area (Å²) in [6, 6.07) is 28.3. The van der Waals surface area contributed by atoms with Gasteiger partial charge in [-0.2, -0.15) is 0 Å². The number of benzene rings is 3. The molecule has 6 aromatic rings. The molecule has 0 aliphatic carbocycles. The summed E-state index contributed by atoms with van der Waals surface area (Å²) < 4.78 is 15.7. The third-order valence-corrected chi connectivity index (χ3v) is 6.60. The molecule has 8 heteroatoms. The molecular formula is C31H26FN7. The summed E-state index contributed by atoms with van der Waals surface area (Å²) in [5.74, 6) is 0.365. The van der Waals surface area contributed by atoms with Crippen LogP contribution in [-0.4, -0.2) is 37.2 Å². The van der Waals surface area contributed by atoms with E-state index in [-0.39, 0.29) is 11.9 Å². The lowest BCUT2D eigenvalue weighted by molar-refractivity contribution is 0.628. The van der Waals surface area contributed by atoms with Gasteiger partial charge in [0.05, 0.1) is 11.3 Å². The molecule has 192 valence electrons. The Morgan fingerprint density at radius 3 is 2.38 bits per heavy atom. The lowest BCUT2D eigenvalue weighted by atomic mass is 10.00. The number of halogens is 1. The maximum atomic E-state index is 13.8. The molecule has 39 heavy (non-hydrogen) atoms. The fraction of sp³-hybridized carbons (Fsp3) is 0.0968. The third kappa shape index (κ3) is 5.10. The number of nitrogens with zero attached hydrogens (tertiary/aromatic N) is 5. The SMILES string of the molecule is N[C@H](CNc1ccccc1-c1nc(-c2ccncc2)c(-c2ccc(F)cc2)c2nncn12)Cc1ccccc1. The highest BCUT2D eigenvalue weighted by atomic mass is 19.1. The van der Waals surface area contributed by atoms with Gasteiger partial charge in [-0.15, -0.1) is 10.2 Å². The normalized spacial score (nSPS) is 11.9. The van der Waals surface area contributed by atoms with Crippen molar-refractivity contribution in [3.8, 4) is 33.8 Å². The first-order valence-electron chi connectivity index (χ1n) is 12.7. The van der Waals surface area contributed by atoms with Crippen LogP contribution in [-0.2, 0) is 6.42 Å². The topological polar surface area (TPSA) is 94.0 Å². The second-order valence-corrected chi connectivity index (χ2v) is 9.30. The summed E-state index contributed by atoms with van der Waals surface area (Å²) in [5.41, 5.74) is 13.2. The van der Waals surface area contributed by atoms with Crippen LogP contribution >= 0.6 is 0 Å². The van der Waals surface area contributed by atoms with Crippen molar-refractivity contribution in [2.75, 3.05) is 11.9 Å². The van der Waals surface area contributed by atoms with Gasteiger partial charge in [0.1, 0.15) is 18.0 Å². The Bertz CT molecular complexity index is 1700. The summed E-state index contributed by atoms with van der Waals surface area (Å²) in [6.07, 6.45) is 5.87. The summed E-state index contributed by atoms with van der Waals surface area (Å²) in [6.45, 7) is 0.585. The number of rotatable bonds is 8. The number of fused-ring (bicyclic) bond motifs is 1. The molecule has 3 heterocycles. The number of pyridine rings is 1. The molecule has 0 spiro atoms. The Morgan fingerprint density at radius 2 is 1.59 bits per heavy atom. The second-order valence-electron chi connectivity index (χ2n) is 9.30. The lowest BCUT2D eigenvalue weighted by Crippen LogP contribution is -2.31. The Labute approximate surface area is 225 Å². The molecular weight excluding hydrogens is 489 g/mol. The van der Waals surface area contributed by atoms with Crippen LogP contribution in [0, 0.1) is 5.82 Å². The number of hydrogen-bond donors (Lipinski definition) is 2. The minimum absolute atomic E-state index is 0.0726. The van der Waals surface area contributed by atoms with E-state index in [9.17, 15) is 4.39 Å². The van der Waals surface area contributed by atoms with Crippen LogP contribution in [0.1, 0.15) is 5.56 Å². The van der Waals surface area contributed by atoms with Crippen LogP contribution in [0.2, 0.25) is 0 Å². The van der Waals surface area contributed by atoms with Crippen LogP contribution in [0.4, 0.5) is 10.1 Å². The molecule has 3 aromatic carbocycles. The van der Waals surface area contributed by atoms with Gasteiger partial charge in [0.15, 0.2) is 5.65 Å². The predicted octanol–water partition coefficient (Wildman–Crippen LogP) is 5.64. The first-order chi connectivity index (χ1) is 19.2. The summed E-state index contributed by atoms with van der Waals surface area (Å²) in [4.78, 5) is 9.33. The van der Waals surface area contributed by atoms with Gasteiger partial charge in [0, 0.05) is 41.8 Å². The van der Waals surface area contributed by atoms with Crippen molar-refractivity contribution in [2.24, 2.45) is 5.73 Å². The molecule has 7 nitrogen and oxygen atoms in total. The first kappa shape index (κ1) is 24.4. The maximum Gasteiger partial charge on any atom is 0.172 e. The van der Waals surface area contributed by atoms with E-state index in [1.807, 2.05) is 59.0 Å². The average Bonchev–Trinajstić information content (AvgIpc) is 3.47. The van der Waals surface area contributed by atoms with Gasteiger partial charge >= 0.3 is 0 Å². The van der Waals surface area contributed by atoms with Crippen molar-refractivity contribution in [1.82, 2.24) is 24.6 Å². The number of anilines is 1. The molecule has 6 rings (SSSR count). The van der Waals surface area contributed by atoms with E-state index in [4.69, 9.17) is 10.7 Å². The van der Waals surface area contributed by atoms with Crippen LogP contribution in [0.5, 0.6) is 0 Å². The Kier molecular flexibility index (Phi) is 6.76. The molecule has 0 saturated heterocycles. The molecule has 0 aliphatic rings. The van der Waals surface area contributed by atoms with Gasteiger partial charge < -0.3 is 11.1 Å². The summed E-state index contributed by atoms with van der Waals surface area (Å²) >= 11 is 0. The van der Waals surface area contributed by atoms with E-state index in [1.54, 1.807) is 30.9 Å². The van der Waals surface area contributed by atoms with Gasteiger partial charge in [0.2, 0.25) is 0 Å². The lowest BCUT2D eigenvalue weighted by Gasteiger charge is -2.18. The Hall–Kier alpha value is -4.95. The smallest absolute Gasteiger partial charge is 0.172 e. The molecule has 0 unspecified atom stereocenters. The van der Waals surface area contributed by atoms with Crippen molar-refractivity contribution in [1.29, 1.82) is 0 Å². The molecule has 0 radical (unpaired) electrons. The van der Waals surface area contributed by atoms with Crippen molar-refractivity contribution in [3.63, 3.8) is 0 Å². The summed E-state index contributed by atoms with van der Waals surface area (Å²) in [5, 5.41) is 12.2. The molecule has 0 amide bonds. The molecule has 3 aromatic heterocycles. The van der Waals surface area contributed by atoms with Gasteiger partial charge in [0.25, 0.3) is 0 Å². The number of nitrogens with one attached hydrogen (secondary N) is 1. The van der Waals surface area contributed by atoms with Crippen LogP contribution in [0.3, 0.4) is 0 Å². The van der Waals surface area contributed by atoms with E-state index < -0.39 is 0 Å². The number of para-hydroxylation sites is 1. The fourth-order valence-corrected chi connectivity index (χ4v) is 4.74. The van der Waals surface area contributed by atoms with Crippen molar-refractivity contribution < 1.29 is 4.39 Å². The minimum Gasteiger partial charge on any atom is -0.383 e. The van der Waals surface area contributed by atoms with E-state index in [1.165, 1.54) is 17.7 Å². The maximum absolute atomic E-state index is 13.8. The molecule has 0 bridgehead atoms. The van der Waals surface area contributed by atoms with Gasteiger partial charge in [-0.05, 0) is 53.9 Å². The Balaban J connectivity index is 1.44. The molecule has 0 aliphatic heterocycles. The third-order valence-electron chi connectivity index (χ3n) is 6.60. The monoisotopic (exact) mass is 515 g/mol. The molecule has 0 saturated carbocycles. The standard InChI is InChI=1S/C31H26FN7/c32-24-12-10-22(11-13-24)28-29(23-14-16-34-17-15-23)37-30(39-20-36-38-31(28)39)26-8-4-5-9-27(26)35-19-25(33)18-21-6-2-1-3-7-21/h1-17,20,25,35H,18-19,33H2/t25-/m0/s1. The Morgan fingerprint density at radius 1 is 0.846 bits per heavy atom. The number of nitrogens with two attached hydrogens (primary N) is 1. The van der Waals surface area contributed by atoms with Gasteiger partial charge in [-0.25, -0.2) is 9.37 Å². The van der Waals surface area contributed by atoms with Crippen molar-refractivity contribution in [2.45, 2.75) is 12.5 Å². The van der Waals surface area contributed by atoms with E-state index in [0.717, 1.165) is 34.4 Å². The largest absolute Gasteiger partial charge is 0.383 e. The van der Waals surface area contributed by atoms with Crippen molar-refractivity contribution in [3.05, 3.63) is 121 Å². The number of hydrogen-bond acceptors (Lipinski definition) is 6. The van der Waals surface area contributed by atoms with E-state index >= 15 is 0 Å². The van der Waals surface area contributed by atoms with E-state index in [2.05, 4.69) is 32.6 Å². The average molecular weight is 516 g/mol. The quantitative estimate of drug-likeness (QED) is 0.272. The zero-order valence-electron chi connectivity index (χ0n) is 21.1. The zero-order valence-corrected chi connectivity index (χ0v) is 21.1. The van der Waals surface area contributed by atoms with Crippen LogP contribution in [0.25, 0.3) is 39.4 Å². The van der Waals surface area contributed by atoms with Gasteiger partial charge in [-0.3, -0.25) is 9.38 Å². The zero-order chi connectivity index (χ0) is 26.6. The minimum atomic E-state index is -0.309. The van der Waals surface area contributed by atoms with Gasteiger partial charge in [-0.1, -0.05) is 54.6 Å². The molecule has 3 N–H and O–H groups in total. The molecule has 0 fully saturated rings. The number of aromatic nitrogens is 5. The first-order valence-corrected chi connectivity index (χ1v) is 12.7. The predicted molar refractivity (Wildman–Crippen MR) is 151 cm³/mol. The van der Waals surface area contributed by atoms with Crippen molar-refractivity contribution >= 4 is 11.3 Å². The van der Waals surface area contributed by atoms with Crippen LogP contribution < -0.4 is 11.1 Å². The highest BCUT2D eigenvalue weighted by Crippen LogP contribution is 2.37. The van der Waals surface area contributed by atoms with Crippen LogP contribution in [0.15, 0.2) is 110 Å².